The maximum absolute atomic E-state index is 13.9. The summed E-state index contributed by atoms with van der Waals surface area (Å²) in [6.45, 7) is 1.44. The first-order chi connectivity index (χ1) is 15.1. The zero-order valence-corrected chi connectivity index (χ0v) is 17.3. The molecule has 1 aromatic carbocycles. The molecule has 0 spiro atoms. The van der Waals surface area contributed by atoms with Crippen molar-refractivity contribution in [3.05, 3.63) is 59.0 Å². The second-order valence-corrected chi connectivity index (χ2v) is 8.42. The van der Waals surface area contributed by atoms with Crippen molar-refractivity contribution in [3.8, 4) is 0 Å². The third-order valence-electron chi connectivity index (χ3n) is 6.36. The molecule has 0 bridgehead atoms. The fourth-order valence-electron chi connectivity index (χ4n) is 4.75. The highest BCUT2D eigenvalue weighted by Gasteiger charge is 2.29. The summed E-state index contributed by atoms with van der Waals surface area (Å²) in [5.74, 6) is -0.708. The highest BCUT2D eigenvalue weighted by molar-refractivity contribution is 5.80. The Balaban J connectivity index is 1.32. The summed E-state index contributed by atoms with van der Waals surface area (Å²) < 4.78 is 28.9. The van der Waals surface area contributed by atoms with Gasteiger partial charge >= 0.3 is 0 Å². The van der Waals surface area contributed by atoms with Crippen LogP contribution in [0.1, 0.15) is 42.5 Å². The van der Waals surface area contributed by atoms with Gasteiger partial charge in [0.15, 0.2) is 5.82 Å². The zero-order chi connectivity index (χ0) is 21.4. The quantitative estimate of drug-likeness (QED) is 0.696. The molecule has 1 atom stereocenters. The molecule has 8 heteroatoms. The standard InChI is InChI=1S/C23H25F2N5O/c24-17-8-7-15(19(25)12-17)13-27-23(31)16-4-3-10-29(14-16)22-21-18-5-1-2-6-20(18)28-30(21)11-9-26-22/h7-9,11-12,16H,1-6,10,13-14H2,(H,27,31)/t16-/m1/s1. The van der Waals surface area contributed by atoms with E-state index in [9.17, 15) is 13.6 Å². The third kappa shape index (κ3) is 3.86. The lowest BCUT2D eigenvalue weighted by Gasteiger charge is -2.33. The van der Waals surface area contributed by atoms with E-state index in [1.807, 2.05) is 10.7 Å². The number of piperidine rings is 1. The van der Waals surface area contributed by atoms with Crippen molar-refractivity contribution >= 4 is 17.2 Å². The van der Waals surface area contributed by atoms with Crippen molar-refractivity contribution in [2.45, 2.75) is 45.1 Å². The van der Waals surface area contributed by atoms with Crippen molar-refractivity contribution < 1.29 is 13.6 Å². The number of amides is 1. The first-order valence-corrected chi connectivity index (χ1v) is 10.9. The maximum Gasteiger partial charge on any atom is 0.225 e. The second kappa shape index (κ2) is 8.24. The fourth-order valence-corrected chi connectivity index (χ4v) is 4.75. The Labute approximate surface area is 179 Å². The number of anilines is 1. The van der Waals surface area contributed by atoms with Crippen LogP contribution in [-0.4, -0.2) is 33.6 Å². The molecule has 3 heterocycles. The van der Waals surface area contributed by atoms with Crippen molar-refractivity contribution in [1.82, 2.24) is 19.9 Å². The Morgan fingerprint density at radius 1 is 1.19 bits per heavy atom. The molecule has 1 aliphatic carbocycles. The summed E-state index contributed by atoms with van der Waals surface area (Å²) in [6, 6.07) is 3.40. The van der Waals surface area contributed by atoms with Crippen molar-refractivity contribution in [1.29, 1.82) is 0 Å². The first kappa shape index (κ1) is 19.9. The Kier molecular flexibility index (Phi) is 5.29. The van der Waals surface area contributed by atoms with E-state index in [4.69, 9.17) is 5.10 Å². The SMILES string of the molecule is O=C(NCc1ccc(F)cc1F)[C@@H]1CCCN(c2nccn3nc4c(c23)CCCC4)C1. The van der Waals surface area contributed by atoms with Gasteiger partial charge in [0.2, 0.25) is 5.91 Å². The molecule has 3 aromatic rings. The third-order valence-corrected chi connectivity index (χ3v) is 6.36. The van der Waals surface area contributed by atoms with Crippen LogP contribution in [-0.2, 0) is 24.2 Å². The largest absolute Gasteiger partial charge is 0.354 e. The number of benzene rings is 1. The molecule has 0 unspecified atom stereocenters. The minimum absolute atomic E-state index is 0.0470. The van der Waals surface area contributed by atoms with Gasteiger partial charge in [-0.2, -0.15) is 5.10 Å². The van der Waals surface area contributed by atoms with Gasteiger partial charge in [-0.3, -0.25) is 4.79 Å². The van der Waals surface area contributed by atoms with E-state index >= 15 is 0 Å². The number of halogens is 2. The Hall–Kier alpha value is -3.03. The fraction of sp³-hybridized carbons (Fsp3) is 0.435. The number of rotatable bonds is 4. The molecule has 31 heavy (non-hydrogen) atoms. The van der Waals surface area contributed by atoms with Gasteiger partial charge < -0.3 is 10.2 Å². The van der Waals surface area contributed by atoms with E-state index in [-0.39, 0.29) is 23.9 Å². The van der Waals surface area contributed by atoms with Crippen LogP contribution < -0.4 is 10.2 Å². The number of carbonyl (C=O) groups excluding carboxylic acids is 1. The van der Waals surface area contributed by atoms with E-state index < -0.39 is 11.6 Å². The van der Waals surface area contributed by atoms with Gasteiger partial charge in [0.05, 0.1) is 11.6 Å². The summed E-state index contributed by atoms with van der Waals surface area (Å²) in [4.78, 5) is 19.6. The Morgan fingerprint density at radius 2 is 2.06 bits per heavy atom. The molecule has 1 fully saturated rings. The predicted molar refractivity (Wildman–Crippen MR) is 113 cm³/mol. The maximum atomic E-state index is 13.9. The number of fused-ring (bicyclic) bond motifs is 3. The lowest BCUT2D eigenvalue weighted by atomic mass is 9.95. The molecule has 2 aromatic heterocycles. The average molecular weight is 425 g/mol. The van der Waals surface area contributed by atoms with Gasteiger partial charge in [0.25, 0.3) is 0 Å². The topological polar surface area (TPSA) is 62.5 Å². The van der Waals surface area contributed by atoms with Crippen molar-refractivity contribution in [3.63, 3.8) is 0 Å². The van der Waals surface area contributed by atoms with E-state index in [1.54, 1.807) is 6.20 Å². The molecule has 2 aliphatic rings. The molecular weight excluding hydrogens is 400 g/mol. The van der Waals surface area contributed by atoms with Crippen LogP contribution in [0.2, 0.25) is 0 Å². The normalized spacial score (nSPS) is 18.8. The van der Waals surface area contributed by atoms with E-state index in [0.717, 1.165) is 61.7 Å². The number of aryl methyl sites for hydroxylation is 2. The molecular formula is C23H25F2N5O. The zero-order valence-electron chi connectivity index (χ0n) is 17.3. The number of hydrogen-bond acceptors (Lipinski definition) is 4. The smallest absolute Gasteiger partial charge is 0.225 e. The molecule has 5 rings (SSSR count). The van der Waals surface area contributed by atoms with Gasteiger partial charge in [-0.15, -0.1) is 0 Å². The van der Waals surface area contributed by atoms with Crippen LogP contribution in [0.15, 0.2) is 30.6 Å². The van der Waals surface area contributed by atoms with Gasteiger partial charge in [-0.25, -0.2) is 18.3 Å². The van der Waals surface area contributed by atoms with Crippen molar-refractivity contribution in [2.75, 3.05) is 18.0 Å². The van der Waals surface area contributed by atoms with Crippen LogP contribution in [0.25, 0.3) is 5.52 Å². The average Bonchev–Trinajstić information content (AvgIpc) is 3.17. The molecule has 162 valence electrons. The number of nitrogens with one attached hydrogen (secondary N) is 1. The summed E-state index contributed by atoms with van der Waals surface area (Å²) in [7, 11) is 0. The molecule has 6 nitrogen and oxygen atoms in total. The molecule has 0 radical (unpaired) electrons. The monoisotopic (exact) mass is 425 g/mol. The van der Waals surface area contributed by atoms with E-state index in [0.29, 0.717) is 6.54 Å². The van der Waals surface area contributed by atoms with Gasteiger partial charge in [0, 0.05) is 49.2 Å². The lowest BCUT2D eigenvalue weighted by molar-refractivity contribution is -0.125. The van der Waals surface area contributed by atoms with Crippen molar-refractivity contribution in [2.24, 2.45) is 5.92 Å². The molecule has 1 aliphatic heterocycles. The predicted octanol–water partition coefficient (Wildman–Crippen LogP) is 3.42. The number of hydrogen-bond donors (Lipinski definition) is 1. The van der Waals surface area contributed by atoms with Crippen LogP contribution in [0.5, 0.6) is 0 Å². The van der Waals surface area contributed by atoms with Crippen LogP contribution in [0.3, 0.4) is 0 Å². The number of carbonyl (C=O) groups is 1. The highest BCUT2D eigenvalue weighted by Crippen LogP contribution is 2.32. The van der Waals surface area contributed by atoms with E-state index in [1.165, 1.54) is 24.1 Å². The summed E-state index contributed by atoms with van der Waals surface area (Å²) >= 11 is 0. The van der Waals surface area contributed by atoms with Crippen LogP contribution in [0, 0.1) is 17.6 Å². The molecule has 1 N–H and O–H groups in total. The Bertz CT molecular complexity index is 1130. The molecule has 1 saturated heterocycles. The summed E-state index contributed by atoms with van der Waals surface area (Å²) in [5, 5.41) is 7.57. The van der Waals surface area contributed by atoms with E-state index in [2.05, 4.69) is 15.2 Å². The summed E-state index contributed by atoms with van der Waals surface area (Å²) in [6.07, 6.45) is 9.65. The van der Waals surface area contributed by atoms with Crippen LogP contribution in [0.4, 0.5) is 14.6 Å². The lowest BCUT2D eigenvalue weighted by Crippen LogP contribution is -2.43. The van der Waals surface area contributed by atoms with Crippen LogP contribution >= 0.6 is 0 Å². The summed E-state index contributed by atoms with van der Waals surface area (Å²) in [5.41, 5.74) is 3.78. The highest BCUT2D eigenvalue weighted by atomic mass is 19.1. The second-order valence-electron chi connectivity index (χ2n) is 8.42. The Morgan fingerprint density at radius 3 is 2.94 bits per heavy atom. The minimum Gasteiger partial charge on any atom is -0.354 e. The van der Waals surface area contributed by atoms with Gasteiger partial charge in [0.1, 0.15) is 17.2 Å². The minimum atomic E-state index is -0.646. The number of nitrogens with zero attached hydrogens (tertiary/aromatic N) is 4. The number of aromatic nitrogens is 3. The van der Waals surface area contributed by atoms with Gasteiger partial charge in [-0.05, 0) is 44.6 Å². The first-order valence-electron chi connectivity index (χ1n) is 10.9. The molecule has 1 amide bonds. The molecule has 0 saturated carbocycles. The van der Waals surface area contributed by atoms with Gasteiger partial charge in [-0.1, -0.05) is 6.07 Å².